The van der Waals surface area contributed by atoms with E-state index in [0.717, 1.165) is 19.0 Å². The van der Waals surface area contributed by atoms with Crippen LogP contribution in [0.3, 0.4) is 0 Å². The van der Waals surface area contributed by atoms with Gasteiger partial charge in [-0.15, -0.1) is 11.8 Å². The number of thioether (sulfide) groups is 1. The van der Waals surface area contributed by atoms with Gasteiger partial charge in [-0.2, -0.15) is 0 Å². The summed E-state index contributed by atoms with van der Waals surface area (Å²) in [6.07, 6.45) is 2.09. The van der Waals surface area contributed by atoms with E-state index in [1.807, 2.05) is 0 Å². The average Bonchev–Trinajstić information content (AvgIpc) is 2.73. The number of hydrogen-bond donors (Lipinski definition) is 2. The summed E-state index contributed by atoms with van der Waals surface area (Å²) in [5.41, 5.74) is 1.28. The lowest BCUT2D eigenvalue weighted by atomic mass is 10.2. The fraction of sp³-hybridized carbons (Fsp3) is 0.417. The molecule has 1 aliphatic rings. The Morgan fingerprint density at radius 1 is 1.44 bits per heavy atom. The number of benzene rings is 1. The van der Waals surface area contributed by atoms with E-state index < -0.39 is 0 Å². The molecule has 0 aliphatic carbocycles. The molecule has 0 radical (unpaired) electrons. The molecule has 4 heteroatoms. The number of nitrogens with one attached hydrogen (secondary N) is 2. The van der Waals surface area contributed by atoms with Crippen LogP contribution < -0.4 is 10.6 Å². The van der Waals surface area contributed by atoms with Gasteiger partial charge in [-0.1, -0.05) is 12.1 Å². The molecule has 0 saturated heterocycles. The predicted octanol–water partition coefficient (Wildman–Crippen LogP) is 1.85. The lowest BCUT2D eigenvalue weighted by molar-refractivity contribution is 0.713. The Labute approximate surface area is 101 Å². The zero-order valence-electron chi connectivity index (χ0n) is 9.66. The highest BCUT2D eigenvalue weighted by molar-refractivity contribution is 7.98. The molecule has 0 aromatic heterocycles. The SMILES string of the molecule is CSc1ccc(CNC2=NCC(C)N2)cc1. The van der Waals surface area contributed by atoms with Gasteiger partial charge < -0.3 is 10.6 Å². The van der Waals surface area contributed by atoms with Crippen molar-refractivity contribution in [1.29, 1.82) is 0 Å². The maximum Gasteiger partial charge on any atom is 0.191 e. The van der Waals surface area contributed by atoms with E-state index in [0.29, 0.717) is 6.04 Å². The highest BCUT2D eigenvalue weighted by atomic mass is 32.2. The van der Waals surface area contributed by atoms with E-state index in [1.165, 1.54) is 10.5 Å². The topological polar surface area (TPSA) is 36.4 Å². The van der Waals surface area contributed by atoms with Crippen LogP contribution in [0.4, 0.5) is 0 Å². The van der Waals surface area contributed by atoms with Gasteiger partial charge in [0.25, 0.3) is 0 Å². The molecule has 3 nitrogen and oxygen atoms in total. The van der Waals surface area contributed by atoms with E-state index in [1.54, 1.807) is 11.8 Å². The minimum absolute atomic E-state index is 0.460. The van der Waals surface area contributed by atoms with Crippen LogP contribution in [0.1, 0.15) is 12.5 Å². The molecule has 0 fully saturated rings. The fourth-order valence-corrected chi connectivity index (χ4v) is 2.00. The van der Waals surface area contributed by atoms with Gasteiger partial charge in [0, 0.05) is 17.5 Å². The quantitative estimate of drug-likeness (QED) is 0.785. The second-order valence-electron chi connectivity index (χ2n) is 3.94. The normalized spacial score (nSPS) is 19.1. The van der Waals surface area contributed by atoms with Crippen molar-refractivity contribution in [3.8, 4) is 0 Å². The van der Waals surface area contributed by atoms with Crippen LogP contribution in [0.5, 0.6) is 0 Å². The fourth-order valence-electron chi connectivity index (χ4n) is 1.59. The molecular weight excluding hydrogens is 218 g/mol. The second-order valence-corrected chi connectivity index (χ2v) is 4.82. The molecule has 1 aromatic rings. The predicted molar refractivity (Wildman–Crippen MR) is 70.0 cm³/mol. The minimum Gasteiger partial charge on any atom is -0.352 e. The number of hydrogen-bond acceptors (Lipinski definition) is 4. The summed E-state index contributed by atoms with van der Waals surface area (Å²) in [6.45, 7) is 3.83. The summed E-state index contributed by atoms with van der Waals surface area (Å²) in [6, 6.07) is 9.05. The van der Waals surface area contributed by atoms with Gasteiger partial charge in [0.2, 0.25) is 0 Å². The van der Waals surface area contributed by atoms with Gasteiger partial charge in [0.05, 0.1) is 6.54 Å². The molecule has 86 valence electrons. The molecule has 2 rings (SSSR count). The van der Waals surface area contributed by atoms with Crippen molar-refractivity contribution >= 4 is 17.7 Å². The Hall–Kier alpha value is -1.16. The third-order valence-electron chi connectivity index (χ3n) is 2.53. The van der Waals surface area contributed by atoms with Gasteiger partial charge in [-0.05, 0) is 30.9 Å². The molecule has 1 aromatic carbocycles. The zero-order chi connectivity index (χ0) is 11.4. The van der Waals surface area contributed by atoms with E-state index in [-0.39, 0.29) is 0 Å². The first kappa shape index (κ1) is 11.3. The van der Waals surface area contributed by atoms with Crippen LogP contribution in [-0.4, -0.2) is 24.8 Å². The first-order valence-corrected chi connectivity index (χ1v) is 6.68. The lowest BCUT2D eigenvalue weighted by Gasteiger charge is -2.09. The van der Waals surface area contributed by atoms with Crippen LogP contribution in [0.25, 0.3) is 0 Å². The van der Waals surface area contributed by atoms with Crippen LogP contribution >= 0.6 is 11.8 Å². The van der Waals surface area contributed by atoms with E-state index in [4.69, 9.17) is 0 Å². The third kappa shape index (κ3) is 2.92. The van der Waals surface area contributed by atoms with Crippen molar-refractivity contribution in [1.82, 2.24) is 10.6 Å². The first-order chi connectivity index (χ1) is 7.78. The standard InChI is InChI=1S/C12H17N3S/c1-9-7-13-12(15-9)14-8-10-3-5-11(16-2)6-4-10/h3-6,9H,7-8H2,1-2H3,(H2,13,14,15). The molecule has 0 amide bonds. The maximum atomic E-state index is 4.36. The lowest BCUT2D eigenvalue weighted by Crippen LogP contribution is -2.37. The van der Waals surface area contributed by atoms with Crippen LogP contribution in [0.15, 0.2) is 34.2 Å². The third-order valence-corrected chi connectivity index (χ3v) is 3.27. The molecule has 2 N–H and O–H groups in total. The molecule has 0 bridgehead atoms. The Kier molecular flexibility index (Phi) is 3.72. The summed E-state index contributed by atoms with van der Waals surface area (Å²) in [7, 11) is 0. The summed E-state index contributed by atoms with van der Waals surface area (Å²) in [5, 5.41) is 6.58. The molecule has 0 spiro atoms. The van der Waals surface area contributed by atoms with E-state index in [2.05, 4.69) is 53.1 Å². The van der Waals surface area contributed by atoms with Crippen molar-refractivity contribution in [2.24, 2.45) is 4.99 Å². The summed E-state index contributed by atoms with van der Waals surface area (Å²) < 4.78 is 0. The van der Waals surface area contributed by atoms with Crippen molar-refractivity contribution < 1.29 is 0 Å². The Morgan fingerprint density at radius 2 is 2.19 bits per heavy atom. The number of guanidine groups is 1. The largest absolute Gasteiger partial charge is 0.352 e. The Balaban J connectivity index is 1.85. The summed E-state index contributed by atoms with van der Waals surface area (Å²) >= 11 is 1.76. The molecule has 1 unspecified atom stereocenters. The van der Waals surface area contributed by atoms with Gasteiger partial charge in [-0.25, -0.2) is 0 Å². The van der Waals surface area contributed by atoms with Crippen molar-refractivity contribution in [2.75, 3.05) is 12.8 Å². The summed E-state index contributed by atoms with van der Waals surface area (Å²) in [4.78, 5) is 5.66. The number of nitrogens with zero attached hydrogens (tertiary/aromatic N) is 1. The van der Waals surface area contributed by atoms with Gasteiger partial charge >= 0.3 is 0 Å². The average molecular weight is 235 g/mol. The van der Waals surface area contributed by atoms with Crippen molar-refractivity contribution in [3.05, 3.63) is 29.8 Å². The number of rotatable bonds is 3. The van der Waals surface area contributed by atoms with Gasteiger partial charge in [-0.3, -0.25) is 4.99 Å². The van der Waals surface area contributed by atoms with Crippen LogP contribution in [-0.2, 0) is 6.54 Å². The molecule has 16 heavy (non-hydrogen) atoms. The number of aliphatic imine (C=N–C) groups is 1. The van der Waals surface area contributed by atoms with Gasteiger partial charge in [0.15, 0.2) is 5.96 Å². The molecule has 0 saturated carbocycles. The molecule has 1 heterocycles. The van der Waals surface area contributed by atoms with Crippen LogP contribution in [0, 0.1) is 0 Å². The first-order valence-electron chi connectivity index (χ1n) is 5.45. The minimum atomic E-state index is 0.460. The molecular formula is C12H17N3S. The van der Waals surface area contributed by atoms with Crippen molar-refractivity contribution in [2.45, 2.75) is 24.4 Å². The monoisotopic (exact) mass is 235 g/mol. The summed E-state index contributed by atoms with van der Waals surface area (Å²) in [5.74, 6) is 0.918. The zero-order valence-corrected chi connectivity index (χ0v) is 10.5. The van der Waals surface area contributed by atoms with Gasteiger partial charge in [0.1, 0.15) is 0 Å². The molecule has 1 aliphatic heterocycles. The van der Waals surface area contributed by atoms with E-state index in [9.17, 15) is 0 Å². The Bertz CT molecular complexity index is 372. The second kappa shape index (κ2) is 5.25. The van der Waals surface area contributed by atoms with E-state index >= 15 is 0 Å². The highest BCUT2D eigenvalue weighted by Crippen LogP contribution is 2.14. The maximum absolute atomic E-state index is 4.36. The Morgan fingerprint density at radius 3 is 2.75 bits per heavy atom. The highest BCUT2D eigenvalue weighted by Gasteiger charge is 2.11. The van der Waals surface area contributed by atoms with Crippen LogP contribution in [0.2, 0.25) is 0 Å². The smallest absolute Gasteiger partial charge is 0.191 e. The molecule has 1 atom stereocenters. The van der Waals surface area contributed by atoms with Crippen molar-refractivity contribution in [3.63, 3.8) is 0 Å².